The van der Waals surface area contributed by atoms with Gasteiger partial charge in [0.25, 0.3) is 0 Å². The van der Waals surface area contributed by atoms with Crippen LogP contribution in [0, 0.1) is 6.92 Å². The van der Waals surface area contributed by atoms with E-state index in [0.717, 1.165) is 30.0 Å². The highest BCUT2D eigenvalue weighted by atomic mass is 15.3. The molecule has 6 nitrogen and oxygen atoms in total. The minimum absolute atomic E-state index is 0.0546. The molecule has 2 aromatic rings. The van der Waals surface area contributed by atoms with Gasteiger partial charge in [-0.2, -0.15) is 5.10 Å². The van der Waals surface area contributed by atoms with Gasteiger partial charge in [0.15, 0.2) is 0 Å². The van der Waals surface area contributed by atoms with Crippen molar-refractivity contribution in [2.24, 2.45) is 5.84 Å². The quantitative estimate of drug-likeness (QED) is 0.601. The maximum Gasteiger partial charge on any atom is 0.138 e. The van der Waals surface area contributed by atoms with Gasteiger partial charge in [0.2, 0.25) is 0 Å². The molecule has 0 bridgehead atoms. The predicted octanol–water partition coefficient (Wildman–Crippen LogP) is 1.14. The SMILES string of the molecule is CCCn1ncnc1CC(NN)c1ncccc1C. The lowest BCUT2D eigenvalue weighted by Crippen LogP contribution is -2.31. The molecule has 2 rings (SSSR count). The van der Waals surface area contributed by atoms with Crippen LogP contribution in [0.25, 0.3) is 0 Å². The molecule has 0 spiro atoms. The summed E-state index contributed by atoms with van der Waals surface area (Å²) in [7, 11) is 0. The average Bonchev–Trinajstić information content (AvgIpc) is 2.85. The van der Waals surface area contributed by atoms with Crippen molar-refractivity contribution in [3.63, 3.8) is 0 Å². The van der Waals surface area contributed by atoms with Gasteiger partial charge in [-0.15, -0.1) is 0 Å². The summed E-state index contributed by atoms with van der Waals surface area (Å²) in [4.78, 5) is 8.71. The fourth-order valence-electron chi connectivity index (χ4n) is 2.12. The summed E-state index contributed by atoms with van der Waals surface area (Å²) in [5.74, 6) is 6.59. The Kier molecular flexibility index (Phi) is 4.59. The number of hydrogen-bond acceptors (Lipinski definition) is 5. The van der Waals surface area contributed by atoms with Crippen LogP contribution in [0.15, 0.2) is 24.7 Å². The van der Waals surface area contributed by atoms with Gasteiger partial charge in [-0.05, 0) is 25.0 Å². The van der Waals surface area contributed by atoms with E-state index in [1.165, 1.54) is 0 Å². The third-order valence-electron chi connectivity index (χ3n) is 3.10. The second-order valence-electron chi connectivity index (χ2n) is 4.53. The summed E-state index contributed by atoms with van der Waals surface area (Å²) >= 11 is 0. The van der Waals surface area contributed by atoms with Gasteiger partial charge in [0.05, 0.1) is 11.7 Å². The van der Waals surface area contributed by atoms with Crippen LogP contribution in [0.2, 0.25) is 0 Å². The zero-order valence-electron chi connectivity index (χ0n) is 11.4. The first kappa shape index (κ1) is 13.6. The number of rotatable bonds is 6. The summed E-state index contributed by atoms with van der Waals surface area (Å²) in [6.45, 7) is 5.02. The molecule has 0 aliphatic carbocycles. The first-order valence-corrected chi connectivity index (χ1v) is 6.50. The van der Waals surface area contributed by atoms with E-state index in [1.807, 2.05) is 23.7 Å². The highest BCUT2D eigenvalue weighted by Crippen LogP contribution is 2.17. The zero-order chi connectivity index (χ0) is 13.7. The Morgan fingerprint density at radius 3 is 2.95 bits per heavy atom. The van der Waals surface area contributed by atoms with E-state index in [0.29, 0.717) is 6.42 Å². The third kappa shape index (κ3) is 3.15. The highest BCUT2D eigenvalue weighted by molar-refractivity contribution is 5.21. The molecule has 1 unspecified atom stereocenters. The number of nitrogens with one attached hydrogen (secondary N) is 1. The van der Waals surface area contributed by atoms with Gasteiger partial charge in [-0.25, -0.2) is 4.98 Å². The molecule has 1 atom stereocenters. The molecular formula is C13H20N6. The standard InChI is InChI=1S/C13H20N6/c1-3-7-19-12(16-9-17-19)8-11(18-14)13-10(2)5-4-6-15-13/h4-6,9,11,18H,3,7-8,14H2,1-2H3. The first-order chi connectivity index (χ1) is 9.26. The molecule has 102 valence electrons. The summed E-state index contributed by atoms with van der Waals surface area (Å²) in [5, 5.41) is 4.23. The van der Waals surface area contributed by atoms with Crippen LogP contribution in [0.3, 0.4) is 0 Å². The lowest BCUT2D eigenvalue weighted by molar-refractivity contribution is 0.489. The molecule has 0 amide bonds. The Balaban J connectivity index is 2.19. The van der Waals surface area contributed by atoms with Gasteiger partial charge in [0.1, 0.15) is 12.2 Å². The average molecular weight is 260 g/mol. The largest absolute Gasteiger partial charge is 0.271 e. The molecule has 0 saturated heterocycles. The maximum atomic E-state index is 5.67. The summed E-state index contributed by atoms with van der Waals surface area (Å²) in [6.07, 6.45) is 5.07. The van der Waals surface area contributed by atoms with Crippen LogP contribution in [-0.4, -0.2) is 19.7 Å². The minimum atomic E-state index is -0.0546. The molecule has 0 saturated carbocycles. The Morgan fingerprint density at radius 2 is 2.26 bits per heavy atom. The van der Waals surface area contributed by atoms with Gasteiger partial charge in [0, 0.05) is 19.2 Å². The van der Waals surface area contributed by atoms with Gasteiger partial charge in [-0.3, -0.25) is 20.9 Å². The smallest absolute Gasteiger partial charge is 0.138 e. The van der Waals surface area contributed by atoms with E-state index >= 15 is 0 Å². The molecule has 0 aliphatic rings. The topological polar surface area (TPSA) is 81.7 Å². The van der Waals surface area contributed by atoms with Crippen LogP contribution >= 0.6 is 0 Å². The molecule has 3 N–H and O–H groups in total. The molecule has 6 heteroatoms. The minimum Gasteiger partial charge on any atom is -0.271 e. The van der Waals surface area contributed by atoms with Crippen LogP contribution < -0.4 is 11.3 Å². The first-order valence-electron chi connectivity index (χ1n) is 6.50. The Bertz CT molecular complexity index is 521. The van der Waals surface area contributed by atoms with Crippen LogP contribution in [-0.2, 0) is 13.0 Å². The van der Waals surface area contributed by atoms with E-state index in [2.05, 4.69) is 27.4 Å². The van der Waals surface area contributed by atoms with Crippen LogP contribution in [0.5, 0.6) is 0 Å². The second kappa shape index (κ2) is 6.40. The van der Waals surface area contributed by atoms with Gasteiger partial charge < -0.3 is 0 Å². The van der Waals surface area contributed by atoms with Crippen molar-refractivity contribution in [3.05, 3.63) is 41.7 Å². The number of hydrogen-bond donors (Lipinski definition) is 2. The van der Waals surface area contributed by atoms with Crippen molar-refractivity contribution < 1.29 is 0 Å². The fourth-order valence-corrected chi connectivity index (χ4v) is 2.12. The Morgan fingerprint density at radius 1 is 1.42 bits per heavy atom. The monoisotopic (exact) mass is 260 g/mol. The van der Waals surface area contributed by atoms with E-state index in [-0.39, 0.29) is 6.04 Å². The number of pyridine rings is 1. The zero-order valence-corrected chi connectivity index (χ0v) is 11.4. The third-order valence-corrected chi connectivity index (χ3v) is 3.10. The number of aromatic nitrogens is 4. The number of aryl methyl sites for hydroxylation is 2. The molecule has 0 radical (unpaired) electrons. The van der Waals surface area contributed by atoms with Crippen molar-refractivity contribution in [1.29, 1.82) is 0 Å². The summed E-state index contributed by atoms with van der Waals surface area (Å²) in [6, 6.07) is 3.90. The Hall–Kier alpha value is -1.79. The van der Waals surface area contributed by atoms with Crippen LogP contribution in [0.1, 0.15) is 36.5 Å². The van der Waals surface area contributed by atoms with E-state index in [9.17, 15) is 0 Å². The molecule has 0 fully saturated rings. The van der Waals surface area contributed by atoms with Gasteiger partial charge in [-0.1, -0.05) is 13.0 Å². The van der Waals surface area contributed by atoms with E-state index in [1.54, 1.807) is 12.5 Å². The number of nitrogens with two attached hydrogens (primary N) is 1. The summed E-state index contributed by atoms with van der Waals surface area (Å²) < 4.78 is 1.92. The Labute approximate surface area is 113 Å². The predicted molar refractivity (Wildman–Crippen MR) is 73.1 cm³/mol. The number of nitrogens with zero attached hydrogens (tertiary/aromatic N) is 4. The molecule has 0 aromatic carbocycles. The van der Waals surface area contributed by atoms with Crippen LogP contribution in [0.4, 0.5) is 0 Å². The van der Waals surface area contributed by atoms with Crippen molar-refractivity contribution in [1.82, 2.24) is 25.2 Å². The normalized spacial score (nSPS) is 12.6. The van der Waals surface area contributed by atoms with Crippen molar-refractivity contribution in [2.75, 3.05) is 0 Å². The molecule has 2 heterocycles. The fraction of sp³-hybridized carbons (Fsp3) is 0.462. The highest BCUT2D eigenvalue weighted by Gasteiger charge is 2.17. The molecule has 2 aromatic heterocycles. The lowest BCUT2D eigenvalue weighted by atomic mass is 10.1. The number of hydrazine groups is 1. The van der Waals surface area contributed by atoms with Crippen molar-refractivity contribution in [3.8, 4) is 0 Å². The maximum absolute atomic E-state index is 5.67. The second-order valence-corrected chi connectivity index (χ2v) is 4.53. The van der Waals surface area contributed by atoms with Crippen molar-refractivity contribution in [2.45, 2.75) is 39.3 Å². The molecular weight excluding hydrogens is 240 g/mol. The molecule has 19 heavy (non-hydrogen) atoms. The van der Waals surface area contributed by atoms with Crippen molar-refractivity contribution >= 4 is 0 Å². The van der Waals surface area contributed by atoms with Gasteiger partial charge >= 0.3 is 0 Å². The summed E-state index contributed by atoms with van der Waals surface area (Å²) in [5.41, 5.74) is 4.90. The molecule has 0 aliphatic heterocycles. The van der Waals surface area contributed by atoms with E-state index in [4.69, 9.17) is 5.84 Å². The van der Waals surface area contributed by atoms with E-state index < -0.39 is 0 Å². The lowest BCUT2D eigenvalue weighted by Gasteiger charge is -2.17.